The Morgan fingerprint density at radius 2 is 1.62 bits per heavy atom. The van der Waals surface area contributed by atoms with Gasteiger partial charge in [0, 0.05) is 10.6 Å². The van der Waals surface area contributed by atoms with Gasteiger partial charge in [0.05, 0.1) is 13.6 Å². The summed E-state index contributed by atoms with van der Waals surface area (Å²) in [6.07, 6.45) is -2.37. The van der Waals surface area contributed by atoms with Crippen molar-refractivity contribution in [2.24, 2.45) is 0 Å². The smallest absolute Gasteiger partial charge is 0.166 e. The molecule has 0 N–H and O–H groups in total. The average molecular weight is 289 g/mol. The Bertz CT molecular complexity index is 322. The van der Waals surface area contributed by atoms with E-state index in [9.17, 15) is 13.2 Å². The number of hydrogen-bond donors (Lipinski definition) is 0. The minimum Gasteiger partial charge on any atom is -0.166 e. The Labute approximate surface area is 104 Å². The summed E-state index contributed by atoms with van der Waals surface area (Å²) in [4.78, 5) is 0. The van der Waals surface area contributed by atoms with Crippen molar-refractivity contribution in [3.63, 3.8) is 0 Å². The van der Waals surface area contributed by atoms with Gasteiger partial charge in [-0.25, -0.2) is 0 Å². The first-order chi connectivity index (χ1) is 7.06. The summed E-state index contributed by atoms with van der Waals surface area (Å²) in [7, 11) is -1.53. The maximum Gasteiger partial charge on any atom is 0.417 e. The Morgan fingerprint density at radius 3 is 1.94 bits per heavy atom. The van der Waals surface area contributed by atoms with Crippen molar-refractivity contribution in [2.75, 3.05) is 0 Å². The van der Waals surface area contributed by atoms with Gasteiger partial charge in [0.2, 0.25) is 0 Å². The van der Waals surface area contributed by atoms with E-state index in [1.54, 1.807) is 5.70 Å². The topological polar surface area (TPSA) is 0 Å². The van der Waals surface area contributed by atoms with Crippen LogP contribution in [0.25, 0.3) is 0 Å². The minimum absolute atomic E-state index is 0.305. The van der Waals surface area contributed by atoms with E-state index in [0.29, 0.717) is 10.6 Å². The predicted octanol–water partition coefficient (Wildman–Crippen LogP) is 5.23. The highest BCUT2D eigenvalue weighted by atomic mass is 35.5. The molecule has 0 rings (SSSR count). The van der Waals surface area contributed by atoms with E-state index in [0.717, 1.165) is 6.08 Å². The van der Waals surface area contributed by atoms with Crippen molar-refractivity contribution in [3.05, 3.63) is 34.0 Å². The lowest BCUT2D eigenvalue weighted by atomic mass is 10.2. The van der Waals surface area contributed by atoms with Gasteiger partial charge < -0.3 is 0 Å². The van der Waals surface area contributed by atoms with Crippen LogP contribution in [0.2, 0.25) is 19.6 Å². The Kier molecular flexibility index (Phi) is 5.86. The van der Waals surface area contributed by atoms with Crippen molar-refractivity contribution in [3.8, 4) is 0 Å². The summed E-state index contributed by atoms with van der Waals surface area (Å²) in [5.41, 5.74) is 1.37. The lowest BCUT2D eigenvalue weighted by molar-refractivity contribution is -0.0880. The largest absolute Gasteiger partial charge is 0.417 e. The van der Waals surface area contributed by atoms with E-state index < -0.39 is 19.8 Å². The highest BCUT2D eigenvalue weighted by Crippen LogP contribution is 2.27. The van der Waals surface area contributed by atoms with Crippen molar-refractivity contribution >= 4 is 31.3 Å². The average Bonchev–Trinajstić information content (AvgIpc) is 1.98. The van der Waals surface area contributed by atoms with E-state index in [1.165, 1.54) is 6.08 Å². The minimum atomic E-state index is -4.45. The summed E-state index contributed by atoms with van der Waals surface area (Å²) < 4.78 is 36.8. The molecule has 0 spiro atoms. The van der Waals surface area contributed by atoms with Crippen molar-refractivity contribution in [1.29, 1.82) is 0 Å². The highest BCUT2D eigenvalue weighted by molar-refractivity contribution is 6.81. The van der Waals surface area contributed by atoms with E-state index in [4.69, 9.17) is 23.2 Å². The number of rotatable bonds is 3. The molecule has 6 heteroatoms. The molecule has 0 heterocycles. The summed E-state index contributed by atoms with van der Waals surface area (Å²) in [5.74, 6) is 0. The quantitative estimate of drug-likeness (QED) is 0.493. The second-order valence-electron chi connectivity index (χ2n) is 4.29. The zero-order valence-electron chi connectivity index (χ0n) is 9.20. The Hall–Kier alpha value is -0.193. The molecule has 0 fully saturated rings. The lowest BCUT2D eigenvalue weighted by Gasteiger charge is -2.09. The van der Waals surface area contributed by atoms with Gasteiger partial charge in [0.25, 0.3) is 0 Å². The van der Waals surface area contributed by atoms with Gasteiger partial charge in [0.15, 0.2) is 0 Å². The molecule has 0 aromatic heterocycles. The van der Waals surface area contributed by atoms with Gasteiger partial charge in [0.1, 0.15) is 0 Å². The SMILES string of the molecule is C[Si](C)(C)/C=C(Cl)/C=C\C(=C\Cl)C(F)(F)F. The first-order valence-electron chi connectivity index (χ1n) is 4.50. The molecule has 0 aliphatic carbocycles. The third-order valence-corrected chi connectivity index (χ3v) is 3.27. The zero-order valence-corrected chi connectivity index (χ0v) is 11.7. The van der Waals surface area contributed by atoms with Crippen LogP contribution in [0.15, 0.2) is 34.0 Å². The maximum atomic E-state index is 12.3. The van der Waals surface area contributed by atoms with Crippen LogP contribution in [0.4, 0.5) is 13.2 Å². The molecule has 0 nitrogen and oxygen atoms in total. The van der Waals surface area contributed by atoms with E-state index >= 15 is 0 Å². The van der Waals surface area contributed by atoms with Crippen LogP contribution in [-0.2, 0) is 0 Å². The molecule has 0 bridgehead atoms. The maximum absolute atomic E-state index is 12.3. The normalized spacial score (nSPS) is 16.0. The van der Waals surface area contributed by atoms with E-state index in [2.05, 4.69) is 0 Å². The molecule has 0 radical (unpaired) electrons. The summed E-state index contributed by atoms with van der Waals surface area (Å²) in [6, 6.07) is 0. The standard InChI is InChI=1S/C10H13Cl2F3Si/c1-16(2,3)7-9(12)5-4-8(6-11)10(13,14)15/h4-7H,1-3H3/b5-4-,8-6-,9-7-. The molecule has 0 unspecified atom stereocenters. The fraction of sp³-hybridized carbons (Fsp3) is 0.400. The van der Waals surface area contributed by atoms with Gasteiger partial charge in [-0.2, -0.15) is 13.2 Å². The van der Waals surface area contributed by atoms with Gasteiger partial charge in [-0.1, -0.05) is 48.5 Å². The first kappa shape index (κ1) is 15.8. The molecule has 0 saturated heterocycles. The lowest BCUT2D eigenvalue weighted by Crippen LogP contribution is -2.16. The van der Waals surface area contributed by atoms with Gasteiger partial charge in [-0.3, -0.25) is 0 Å². The van der Waals surface area contributed by atoms with Crippen molar-refractivity contribution in [2.45, 2.75) is 25.8 Å². The van der Waals surface area contributed by atoms with Gasteiger partial charge >= 0.3 is 6.18 Å². The predicted molar refractivity (Wildman–Crippen MR) is 66.4 cm³/mol. The van der Waals surface area contributed by atoms with Crippen LogP contribution in [-0.4, -0.2) is 14.3 Å². The summed E-state index contributed by atoms with van der Waals surface area (Å²) >= 11 is 10.9. The second-order valence-corrected chi connectivity index (χ2v) is 9.97. The first-order valence-corrected chi connectivity index (χ1v) is 8.89. The highest BCUT2D eigenvalue weighted by Gasteiger charge is 2.31. The molecule has 16 heavy (non-hydrogen) atoms. The zero-order chi connectivity index (χ0) is 13.0. The number of halogens is 5. The second kappa shape index (κ2) is 5.94. The molecule has 0 aromatic rings. The summed E-state index contributed by atoms with van der Waals surface area (Å²) in [6.45, 7) is 6.10. The van der Waals surface area contributed by atoms with Gasteiger partial charge in [-0.05, 0) is 12.2 Å². The van der Waals surface area contributed by atoms with Crippen LogP contribution in [0.1, 0.15) is 0 Å². The molecule has 0 amide bonds. The van der Waals surface area contributed by atoms with Gasteiger partial charge in [-0.15, -0.1) is 0 Å². The van der Waals surface area contributed by atoms with Crippen LogP contribution in [0.5, 0.6) is 0 Å². The molecular formula is C10H13Cl2F3Si. The van der Waals surface area contributed by atoms with Crippen LogP contribution < -0.4 is 0 Å². The molecule has 0 saturated carbocycles. The number of hydrogen-bond acceptors (Lipinski definition) is 0. The van der Waals surface area contributed by atoms with Crippen LogP contribution in [0.3, 0.4) is 0 Å². The van der Waals surface area contributed by atoms with Crippen LogP contribution >= 0.6 is 23.2 Å². The third kappa shape index (κ3) is 7.14. The monoisotopic (exact) mass is 288 g/mol. The molecule has 0 aliphatic rings. The fourth-order valence-corrected chi connectivity index (χ4v) is 2.99. The molecule has 92 valence electrons. The fourth-order valence-electron chi connectivity index (χ4n) is 0.824. The van der Waals surface area contributed by atoms with E-state index in [-0.39, 0.29) is 0 Å². The Morgan fingerprint density at radius 1 is 1.12 bits per heavy atom. The number of allylic oxidation sites excluding steroid dienone is 4. The molecule has 0 aliphatic heterocycles. The third-order valence-electron chi connectivity index (χ3n) is 1.44. The van der Waals surface area contributed by atoms with Crippen molar-refractivity contribution in [1.82, 2.24) is 0 Å². The molecule has 0 atom stereocenters. The molecular weight excluding hydrogens is 276 g/mol. The Balaban J connectivity index is 4.81. The van der Waals surface area contributed by atoms with Crippen molar-refractivity contribution < 1.29 is 13.2 Å². The van der Waals surface area contributed by atoms with Crippen LogP contribution in [0, 0.1) is 0 Å². The van der Waals surface area contributed by atoms with E-state index in [1.807, 2.05) is 19.6 Å². The number of alkyl halides is 3. The molecule has 0 aromatic carbocycles. The summed E-state index contributed by atoms with van der Waals surface area (Å²) in [5, 5.41) is 0.305.